The Bertz CT molecular complexity index is 362. The molecule has 26 heavy (non-hydrogen) atoms. The summed E-state index contributed by atoms with van der Waals surface area (Å²) < 4.78 is 32.5. The molecule has 1 saturated heterocycles. The highest BCUT2D eigenvalue weighted by Crippen LogP contribution is 2.46. The molecule has 1 aliphatic heterocycles. The average Bonchev–Trinajstić information content (AvgIpc) is 2.87. The Labute approximate surface area is 166 Å². The SMILES string of the molecule is ClC1(Cl)OCCOCCOCCOCCOCCOC12CCCCCC2. The van der Waals surface area contributed by atoms with E-state index in [1.807, 2.05) is 0 Å². The number of rotatable bonds is 0. The van der Waals surface area contributed by atoms with Crippen LogP contribution in [0, 0.1) is 0 Å². The van der Waals surface area contributed by atoms with Crippen molar-refractivity contribution < 1.29 is 28.4 Å². The van der Waals surface area contributed by atoms with Gasteiger partial charge in [0.2, 0.25) is 4.52 Å². The van der Waals surface area contributed by atoms with E-state index in [-0.39, 0.29) is 0 Å². The fourth-order valence-electron chi connectivity index (χ4n) is 3.24. The second-order valence-electron chi connectivity index (χ2n) is 6.57. The minimum atomic E-state index is -1.41. The lowest BCUT2D eigenvalue weighted by Crippen LogP contribution is -2.51. The maximum atomic E-state index is 6.63. The van der Waals surface area contributed by atoms with Crippen molar-refractivity contribution in [3.63, 3.8) is 0 Å². The molecule has 154 valence electrons. The van der Waals surface area contributed by atoms with Crippen LogP contribution in [-0.2, 0) is 28.4 Å². The van der Waals surface area contributed by atoms with Gasteiger partial charge in [0, 0.05) is 0 Å². The normalized spacial score (nSPS) is 27.9. The average molecular weight is 415 g/mol. The Balaban J connectivity index is 1.93. The number of hydrogen-bond acceptors (Lipinski definition) is 6. The van der Waals surface area contributed by atoms with Crippen molar-refractivity contribution in [1.82, 2.24) is 0 Å². The molecule has 1 heterocycles. The van der Waals surface area contributed by atoms with Crippen LogP contribution in [0.2, 0.25) is 0 Å². The van der Waals surface area contributed by atoms with Gasteiger partial charge in [-0.3, -0.25) is 0 Å². The number of alkyl halides is 2. The molecular weight excluding hydrogens is 383 g/mol. The van der Waals surface area contributed by atoms with Gasteiger partial charge >= 0.3 is 0 Å². The third kappa shape index (κ3) is 7.76. The van der Waals surface area contributed by atoms with E-state index in [1.165, 1.54) is 0 Å². The molecule has 0 unspecified atom stereocenters. The van der Waals surface area contributed by atoms with Gasteiger partial charge in [0.1, 0.15) is 5.60 Å². The van der Waals surface area contributed by atoms with Crippen LogP contribution in [0.25, 0.3) is 0 Å². The van der Waals surface area contributed by atoms with Crippen LogP contribution in [0.5, 0.6) is 0 Å². The van der Waals surface area contributed by atoms with Crippen molar-refractivity contribution in [2.75, 3.05) is 66.1 Å². The van der Waals surface area contributed by atoms with Gasteiger partial charge in [-0.05, 0) is 12.8 Å². The summed E-state index contributed by atoms with van der Waals surface area (Å²) in [5, 5.41) is 0. The van der Waals surface area contributed by atoms with Crippen LogP contribution in [0.1, 0.15) is 38.5 Å². The molecule has 1 saturated carbocycles. The standard InChI is InChI=1S/C18H32Cl2O6/c19-18(20)17(5-3-1-2-4-6-17)25-15-13-23-11-9-21-7-8-22-10-12-24-14-16-26-18/h1-16H2. The molecule has 0 radical (unpaired) electrons. The molecular formula is C18H32Cl2O6. The largest absolute Gasteiger partial charge is 0.377 e. The first-order valence-electron chi connectivity index (χ1n) is 9.63. The number of halogens is 2. The highest BCUT2D eigenvalue weighted by molar-refractivity contribution is 6.48. The van der Waals surface area contributed by atoms with Crippen molar-refractivity contribution in [1.29, 1.82) is 0 Å². The van der Waals surface area contributed by atoms with E-state index in [1.54, 1.807) is 0 Å². The van der Waals surface area contributed by atoms with Crippen molar-refractivity contribution in [3.8, 4) is 0 Å². The minimum absolute atomic E-state index is 0.303. The molecule has 0 amide bonds. The number of hydrogen-bond donors (Lipinski definition) is 0. The van der Waals surface area contributed by atoms with E-state index < -0.39 is 10.1 Å². The summed E-state index contributed by atoms with van der Waals surface area (Å²) in [6, 6.07) is 0. The fourth-order valence-corrected chi connectivity index (χ4v) is 3.88. The lowest BCUT2D eigenvalue weighted by molar-refractivity contribution is -0.156. The summed E-state index contributed by atoms with van der Waals surface area (Å²) in [5.74, 6) is 0. The van der Waals surface area contributed by atoms with Crippen LogP contribution in [0.4, 0.5) is 0 Å². The summed E-state index contributed by atoms with van der Waals surface area (Å²) in [6.45, 7) is 4.74. The zero-order valence-corrected chi connectivity index (χ0v) is 17.0. The van der Waals surface area contributed by atoms with Gasteiger partial charge in [0.25, 0.3) is 0 Å². The van der Waals surface area contributed by atoms with Gasteiger partial charge in [-0.15, -0.1) is 0 Å². The molecule has 0 aromatic rings. The molecule has 0 atom stereocenters. The molecule has 0 aromatic heterocycles. The lowest BCUT2D eigenvalue weighted by atomic mass is 9.94. The van der Waals surface area contributed by atoms with Crippen LogP contribution in [-0.4, -0.2) is 76.2 Å². The summed E-state index contributed by atoms with van der Waals surface area (Å²) in [4.78, 5) is 0. The van der Waals surface area contributed by atoms with Crippen LogP contribution in [0.15, 0.2) is 0 Å². The van der Waals surface area contributed by atoms with Gasteiger partial charge < -0.3 is 28.4 Å². The quantitative estimate of drug-likeness (QED) is 0.566. The van der Waals surface area contributed by atoms with Gasteiger partial charge in [0.15, 0.2) is 0 Å². The molecule has 0 N–H and O–H groups in total. The first-order chi connectivity index (χ1) is 12.7. The van der Waals surface area contributed by atoms with Crippen molar-refractivity contribution in [3.05, 3.63) is 0 Å². The van der Waals surface area contributed by atoms with E-state index in [4.69, 9.17) is 51.6 Å². The highest BCUT2D eigenvalue weighted by Gasteiger charge is 2.51. The first kappa shape index (κ1) is 22.6. The van der Waals surface area contributed by atoms with E-state index in [0.29, 0.717) is 66.1 Å². The fraction of sp³-hybridized carbons (Fsp3) is 1.00. The maximum absolute atomic E-state index is 6.63. The van der Waals surface area contributed by atoms with Gasteiger partial charge in [-0.2, -0.15) is 0 Å². The summed E-state index contributed by atoms with van der Waals surface area (Å²) in [7, 11) is 0. The molecule has 2 aliphatic rings. The zero-order valence-electron chi connectivity index (χ0n) is 15.5. The molecule has 2 fully saturated rings. The minimum Gasteiger partial charge on any atom is -0.377 e. The Kier molecular flexibility index (Phi) is 11.1. The topological polar surface area (TPSA) is 55.4 Å². The van der Waals surface area contributed by atoms with Crippen molar-refractivity contribution in [2.45, 2.75) is 48.6 Å². The van der Waals surface area contributed by atoms with Crippen molar-refractivity contribution in [2.24, 2.45) is 0 Å². The highest BCUT2D eigenvalue weighted by atomic mass is 35.5. The third-order valence-corrected chi connectivity index (χ3v) is 5.58. The second-order valence-corrected chi connectivity index (χ2v) is 7.83. The van der Waals surface area contributed by atoms with Crippen molar-refractivity contribution >= 4 is 23.2 Å². The zero-order chi connectivity index (χ0) is 18.6. The van der Waals surface area contributed by atoms with Gasteiger partial charge in [-0.1, -0.05) is 48.9 Å². The molecule has 8 heteroatoms. The second kappa shape index (κ2) is 12.7. The van der Waals surface area contributed by atoms with E-state index in [0.717, 1.165) is 38.5 Å². The predicted octanol–water partition coefficient (Wildman–Crippen LogP) is 3.32. The van der Waals surface area contributed by atoms with E-state index in [2.05, 4.69) is 0 Å². The first-order valence-corrected chi connectivity index (χ1v) is 10.4. The lowest BCUT2D eigenvalue weighted by Gasteiger charge is -2.42. The number of ether oxygens (including phenoxy) is 6. The van der Waals surface area contributed by atoms with E-state index >= 15 is 0 Å². The Morgan fingerprint density at radius 2 is 0.846 bits per heavy atom. The van der Waals surface area contributed by atoms with Gasteiger partial charge in [0.05, 0.1) is 66.1 Å². The Morgan fingerprint density at radius 3 is 1.31 bits per heavy atom. The van der Waals surface area contributed by atoms with Crippen LogP contribution in [0.3, 0.4) is 0 Å². The summed E-state index contributed by atoms with van der Waals surface area (Å²) >= 11 is 13.3. The molecule has 2 rings (SSSR count). The van der Waals surface area contributed by atoms with Crippen LogP contribution >= 0.6 is 23.2 Å². The maximum Gasteiger partial charge on any atom is 0.247 e. The smallest absolute Gasteiger partial charge is 0.247 e. The summed E-state index contributed by atoms with van der Waals surface area (Å²) in [6.07, 6.45) is 5.91. The summed E-state index contributed by atoms with van der Waals surface area (Å²) in [5.41, 5.74) is -0.721. The van der Waals surface area contributed by atoms with Gasteiger partial charge in [-0.25, -0.2) is 0 Å². The van der Waals surface area contributed by atoms with E-state index in [9.17, 15) is 0 Å². The third-order valence-electron chi connectivity index (χ3n) is 4.67. The molecule has 0 aromatic carbocycles. The molecule has 1 spiro atoms. The molecule has 1 aliphatic carbocycles. The Morgan fingerprint density at radius 1 is 0.462 bits per heavy atom. The predicted molar refractivity (Wildman–Crippen MR) is 100 cm³/mol. The molecule has 6 nitrogen and oxygen atoms in total. The monoisotopic (exact) mass is 414 g/mol. The Hall–Kier alpha value is 0.340. The molecule has 0 bridgehead atoms. The van der Waals surface area contributed by atoms with Crippen LogP contribution < -0.4 is 0 Å².